The van der Waals surface area contributed by atoms with E-state index in [0.717, 1.165) is 11.4 Å². The van der Waals surface area contributed by atoms with Gasteiger partial charge >= 0.3 is 6.09 Å². The van der Waals surface area contributed by atoms with E-state index < -0.39 is 6.09 Å². The van der Waals surface area contributed by atoms with Gasteiger partial charge in [-0.05, 0) is 24.3 Å². The fraction of sp³-hybridized carbons (Fsp3) is 0.429. The molecule has 2 aliphatic heterocycles. The molecule has 2 aliphatic rings. The molecule has 0 radical (unpaired) electrons. The highest BCUT2D eigenvalue weighted by molar-refractivity contribution is 6.18. The lowest BCUT2D eigenvalue weighted by molar-refractivity contribution is -0.125. The van der Waals surface area contributed by atoms with Gasteiger partial charge in [0, 0.05) is 17.9 Å². The Morgan fingerprint density at radius 1 is 1.14 bits per heavy atom. The Hall–Kier alpha value is -1.79. The molecule has 6 nitrogen and oxygen atoms in total. The van der Waals surface area contributed by atoms with E-state index in [2.05, 4.69) is 0 Å². The van der Waals surface area contributed by atoms with Gasteiger partial charge in [-0.1, -0.05) is 0 Å². The van der Waals surface area contributed by atoms with Crippen molar-refractivity contribution in [3.05, 3.63) is 24.3 Å². The summed E-state index contributed by atoms with van der Waals surface area (Å²) in [5, 5.41) is 0. The summed E-state index contributed by atoms with van der Waals surface area (Å²) < 4.78 is 10.2. The molecule has 0 aliphatic carbocycles. The zero-order chi connectivity index (χ0) is 14.8. The molecule has 7 heteroatoms. The summed E-state index contributed by atoms with van der Waals surface area (Å²) in [4.78, 5) is 26.7. The minimum atomic E-state index is -0.393. The van der Waals surface area contributed by atoms with Crippen LogP contribution in [0.5, 0.6) is 0 Å². The van der Waals surface area contributed by atoms with E-state index in [0.29, 0.717) is 19.7 Å². The number of rotatable bonds is 3. The monoisotopic (exact) mass is 310 g/mol. The quantitative estimate of drug-likeness (QED) is 0.796. The van der Waals surface area contributed by atoms with Gasteiger partial charge in [0.25, 0.3) is 5.91 Å². The van der Waals surface area contributed by atoms with Crippen molar-refractivity contribution >= 4 is 35.0 Å². The number of ether oxygens (including phenoxy) is 2. The maximum Gasteiger partial charge on any atom is 0.414 e. The van der Waals surface area contributed by atoms with E-state index in [1.54, 1.807) is 17.0 Å². The number of carbonyl (C=O) groups is 2. The van der Waals surface area contributed by atoms with Gasteiger partial charge in [-0.2, -0.15) is 0 Å². The standard InChI is InChI=1S/C14H15ClN2O4/c15-7-12-8-17(14(19)21-12)11-3-1-10(2-4-11)16-5-6-20-9-13(16)18/h1-4,12H,5-9H2. The second kappa shape index (κ2) is 5.91. The average molecular weight is 311 g/mol. The molecule has 21 heavy (non-hydrogen) atoms. The molecule has 1 aromatic rings. The second-order valence-corrected chi connectivity index (χ2v) is 5.19. The van der Waals surface area contributed by atoms with Crippen LogP contribution in [-0.4, -0.2) is 50.3 Å². The van der Waals surface area contributed by atoms with Crippen molar-refractivity contribution < 1.29 is 19.1 Å². The topological polar surface area (TPSA) is 59.1 Å². The summed E-state index contributed by atoms with van der Waals surface area (Å²) in [6, 6.07) is 7.24. The lowest BCUT2D eigenvalue weighted by Crippen LogP contribution is -2.41. The molecule has 1 atom stereocenters. The molecule has 0 aromatic heterocycles. The van der Waals surface area contributed by atoms with Crippen molar-refractivity contribution in [2.75, 3.05) is 42.0 Å². The first-order valence-corrected chi connectivity index (χ1v) is 7.25. The Morgan fingerprint density at radius 2 is 1.81 bits per heavy atom. The molecule has 0 spiro atoms. The molecule has 0 bridgehead atoms. The van der Waals surface area contributed by atoms with Crippen molar-refractivity contribution in [3.8, 4) is 0 Å². The van der Waals surface area contributed by atoms with Crippen molar-refractivity contribution in [1.82, 2.24) is 0 Å². The summed E-state index contributed by atoms with van der Waals surface area (Å²) in [6.45, 7) is 1.62. The molecular formula is C14H15ClN2O4. The third-order valence-corrected chi connectivity index (χ3v) is 3.85. The van der Waals surface area contributed by atoms with E-state index in [1.807, 2.05) is 12.1 Å². The number of amides is 2. The van der Waals surface area contributed by atoms with Gasteiger partial charge in [0.1, 0.15) is 12.7 Å². The maximum absolute atomic E-state index is 11.8. The molecule has 3 rings (SSSR count). The number of carbonyl (C=O) groups excluding carboxylic acids is 2. The third-order valence-electron chi connectivity index (χ3n) is 3.51. The molecule has 2 heterocycles. The first-order valence-electron chi connectivity index (χ1n) is 6.71. The van der Waals surface area contributed by atoms with Gasteiger partial charge < -0.3 is 14.4 Å². The van der Waals surface area contributed by atoms with Crippen molar-refractivity contribution in [3.63, 3.8) is 0 Å². The number of benzene rings is 1. The van der Waals surface area contributed by atoms with Crippen molar-refractivity contribution in [2.24, 2.45) is 0 Å². The number of nitrogens with zero attached hydrogens (tertiary/aromatic N) is 2. The Morgan fingerprint density at radius 3 is 2.38 bits per heavy atom. The van der Waals surface area contributed by atoms with Crippen LogP contribution in [0.4, 0.5) is 16.2 Å². The van der Waals surface area contributed by atoms with Gasteiger partial charge in [-0.3, -0.25) is 9.69 Å². The van der Waals surface area contributed by atoms with Gasteiger partial charge in [-0.25, -0.2) is 4.79 Å². The summed E-state index contributed by atoms with van der Waals surface area (Å²) >= 11 is 5.71. The summed E-state index contributed by atoms with van der Waals surface area (Å²) in [5.41, 5.74) is 1.53. The molecule has 1 unspecified atom stereocenters. The van der Waals surface area contributed by atoms with Crippen LogP contribution < -0.4 is 9.80 Å². The molecule has 2 amide bonds. The van der Waals surface area contributed by atoms with Crippen LogP contribution in [0.2, 0.25) is 0 Å². The molecule has 0 N–H and O–H groups in total. The van der Waals surface area contributed by atoms with Gasteiger partial charge in [-0.15, -0.1) is 11.6 Å². The van der Waals surface area contributed by atoms with E-state index >= 15 is 0 Å². The minimum absolute atomic E-state index is 0.0585. The highest BCUT2D eigenvalue weighted by Gasteiger charge is 2.31. The lowest BCUT2D eigenvalue weighted by Gasteiger charge is -2.27. The zero-order valence-corrected chi connectivity index (χ0v) is 12.1. The smallest absolute Gasteiger partial charge is 0.414 e. The highest BCUT2D eigenvalue weighted by Crippen LogP contribution is 2.25. The number of hydrogen-bond donors (Lipinski definition) is 0. The minimum Gasteiger partial charge on any atom is -0.443 e. The Labute approximate surface area is 127 Å². The summed E-state index contributed by atoms with van der Waals surface area (Å²) in [5.74, 6) is 0.222. The molecule has 2 saturated heterocycles. The lowest BCUT2D eigenvalue weighted by atomic mass is 10.2. The molecule has 1 aromatic carbocycles. The van der Waals surface area contributed by atoms with E-state index in [-0.39, 0.29) is 24.5 Å². The first kappa shape index (κ1) is 14.2. The highest BCUT2D eigenvalue weighted by atomic mass is 35.5. The maximum atomic E-state index is 11.8. The number of cyclic esters (lactones) is 1. The fourth-order valence-electron chi connectivity index (χ4n) is 2.42. The normalized spacial score (nSPS) is 22.6. The van der Waals surface area contributed by atoms with Crippen LogP contribution in [0.25, 0.3) is 0 Å². The third kappa shape index (κ3) is 2.82. The molecule has 0 saturated carbocycles. The largest absolute Gasteiger partial charge is 0.443 e. The van der Waals surface area contributed by atoms with Crippen LogP contribution in [0.3, 0.4) is 0 Å². The molecule has 2 fully saturated rings. The van der Waals surface area contributed by atoms with Crippen LogP contribution in [-0.2, 0) is 14.3 Å². The molecular weight excluding hydrogens is 296 g/mol. The predicted molar refractivity (Wildman–Crippen MR) is 77.9 cm³/mol. The van der Waals surface area contributed by atoms with E-state index in [4.69, 9.17) is 21.1 Å². The van der Waals surface area contributed by atoms with Crippen LogP contribution in [0, 0.1) is 0 Å². The van der Waals surface area contributed by atoms with Crippen molar-refractivity contribution in [2.45, 2.75) is 6.10 Å². The van der Waals surface area contributed by atoms with Crippen molar-refractivity contribution in [1.29, 1.82) is 0 Å². The van der Waals surface area contributed by atoms with Gasteiger partial charge in [0.15, 0.2) is 0 Å². The molecule has 112 valence electrons. The number of hydrogen-bond acceptors (Lipinski definition) is 4. The second-order valence-electron chi connectivity index (χ2n) is 4.89. The number of anilines is 2. The Balaban J connectivity index is 1.75. The van der Waals surface area contributed by atoms with E-state index in [9.17, 15) is 9.59 Å². The van der Waals surface area contributed by atoms with Gasteiger partial charge in [0.05, 0.1) is 19.0 Å². The number of alkyl halides is 1. The Bertz CT molecular complexity index is 548. The average Bonchev–Trinajstić information content (AvgIpc) is 2.89. The predicted octanol–water partition coefficient (Wildman–Crippen LogP) is 1.61. The van der Waals surface area contributed by atoms with Crippen LogP contribution in [0.15, 0.2) is 24.3 Å². The van der Waals surface area contributed by atoms with Gasteiger partial charge in [0.2, 0.25) is 0 Å². The first-order chi connectivity index (χ1) is 10.2. The zero-order valence-electron chi connectivity index (χ0n) is 11.3. The van der Waals surface area contributed by atoms with Crippen LogP contribution >= 0.6 is 11.6 Å². The fourth-order valence-corrected chi connectivity index (χ4v) is 2.58. The number of morpholine rings is 1. The SMILES string of the molecule is O=C1COCCN1c1ccc(N2CC(CCl)OC2=O)cc1. The van der Waals surface area contributed by atoms with Crippen LogP contribution in [0.1, 0.15) is 0 Å². The van der Waals surface area contributed by atoms with E-state index in [1.165, 1.54) is 4.90 Å². The summed E-state index contributed by atoms with van der Waals surface area (Å²) in [6.07, 6.45) is -0.671. The Kier molecular flexibility index (Phi) is 3.98. The summed E-state index contributed by atoms with van der Waals surface area (Å²) in [7, 11) is 0. The number of halogens is 1.